The fraction of sp³-hybridized carbons (Fsp3) is 0.579. The molecule has 0 aliphatic heterocycles. The van der Waals surface area contributed by atoms with E-state index in [9.17, 15) is 10.1 Å². The van der Waals surface area contributed by atoms with Crippen LogP contribution in [-0.4, -0.2) is 31.5 Å². The van der Waals surface area contributed by atoms with Gasteiger partial charge in [-0.2, -0.15) is 0 Å². The molecule has 0 aliphatic rings. The first kappa shape index (κ1) is 25.3. The van der Waals surface area contributed by atoms with Crippen molar-refractivity contribution in [2.45, 2.75) is 53.8 Å². The zero-order valence-corrected chi connectivity index (χ0v) is 16.5. The predicted octanol–water partition coefficient (Wildman–Crippen LogP) is 4.69. The molecule has 0 aliphatic carbocycles. The molecule has 0 amide bonds. The topological polar surface area (TPSA) is 73.6 Å². The monoisotopic (exact) mass is 354 g/mol. The Hall–Kier alpha value is -1.92. The third kappa shape index (κ3) is 16.7. The number of ether oxygens (including phenoxy) is 2. The highest BCUT2D eigenvalue weighted by atomic mass is 16.7. The van der Waals surface area contributed by atoms with Gasteiger partial charge in [0.25, 0.3) is 6.20 Å². The molecule has 1 aromatic rings. The molecule has 144 valence electrons. The molecule has 0 saturated heterocycles. The summed E-state index contributed by atoms with van der Waals surface area (Å²) in [5.41, 5.74) is 1.31. The standard InChI is InChI=1S/C9H10N2O2.C6H14O2.C4H10/c1-10-9(7-11(12)13)8-5-3-2-4-6-8;1-4-7-6(3)8-5-2;1-3-4-2/h2-7,10H,1H3;6H,4-5H2,1-3H3;3-4H2,1-2H3/b9-7+;;. The maximum atomic E-state index is 10.2. The number of nitrogens with one attached hydrogen (secondary N) is 1. The van der Waals surface area contributed by atoms with E-state index in [0.717, 1.165) is 25.0 Å². The van der Waals surface area contributed by atoms with Crippen LogP contribution in [0.4, 0.5) is 0 Å². The van der Waals surface area contributed by atoms with Crippen LogP contribution in [0.3, 0.4) is 0 Å². The van der Waals surface area contributed by atoms with Crippen LogP contribution in [-0.2, 0) is 9.47 Å². The highest BCUT2D eigenvalue weighted by Gasteiger charge is 2.02. The number of nitro groups is 1. The van der Waals surface area contributed by atoms with Crippen LogP contribution in [0.5, 0.6) is 0 Å². The summed E-state index contributed by atoms with van der Waals surface area (Å²) in [5, 5.41) is 13.0. The maximum Gasteiger partial charge on any atom is 0.257 e. The third-order valence-corrected chi connectivity index (χ3v) is 2.89. The van der Waals surface area contributed by atoms with E-state index in [1.165, 1.54) is 12.8 Å². The molecule has 1 aromatic carbocycles. The minimum Gasteiger partial charge on any atom is -0.383 e. The summed E-state index contributed by atoms with van der Waals surface area (Å²) in [6.45, 7) is 11.6. The summed E-state index contributed by atoms with van der Waals surface area (Å²) in [6, 6.07) is 9.15. The van der Waals surface area contributed by atoms with E-state index in [4.69, 9.17) is 9.47 Å². The Morgan fingerprint density at radius 1 is 1.12 bits per heavy atom. The van der Waals surface area contributed by atoms with E-state index >= 15 is 0 Å². The fourth-order valence-corrected chi connectivity index (χ4v) is 1.52. The lowest BCUT2D eigenvalue weighted by Gasteiger charge is -2.09. The summed E-state index contributed by atoms with van der Waals surface area (Å²) in [7, 11) is 1.66. The molecular formula is C19H34N2O4. The van der Waals surface area contributed by atoms with E-state index in [1.807, 2.05) is 51.1 Å². The molecule has 0 unspecified atom stereocenters. The van der Waals surface area contributed by atoms with Gasteiger partial charge in [-0.15, -0.1) is 0 Å². The van der Waals surface area contributed by atoms with Crippen LogP contribution >= 0.6 is 0 Å². The molecule has 0 aromatic heterocycles. The van der Waals surface area contributed by atoms with Crippen molar-refractivity contribution >= 4 is 5.70 Å². The van der Waals surface area contributed by atoms with Gasteiger partial charge in [-0.1, -0.05) is 57.0 Å². The van der Waals surface area contributed by atoms with Crippen molar-refractivity contribution in [1.82, 2.24) is 5.32 Å². The van der Waals surface area contributed by atoms with E-state index in [2.05, 4.69) is 19.2 Å². The second-order valence-corrected chi connectivity index (χ2v) is 4.92. The highest BCUT2D eigenvalue weighted by Crippen LogP contribution is 2.09. The Morgan fingerprint density at radius 2 is 1.60 bits per heavy atom. The lowest BCUT2D eigenvalue weighted by Crippen LogP contribution is -2.11. The van der Waals surface area contributed by atoms with Gasteiger partial charge in [-0.3, -0.25) is 10.1 Å². The van der Waals surface area contributed by atoms with E-state index < -0.39 is 4.92 Å². The van der Waals surface area contributed by atoms with E-state index in [0.29, 0.717) is 5.70 Å². The minimum absolute atomic E-state index is 0.0370. The third-order valence-electron chi connectivity index (χ3n) is 2.89. The van der Waals surface area contributed by atoms with E-state index in [1.54, 1.807) is 7.05 Å². The van der Waals surface area contributed by atoms with Crippen molar-refractivity contribution in [2.24, 2.45) is 0 Å². The largest absolute Gasteiger partial charge is 0.383 e. The summed E-state index contributed by atoms with van der Waals surface area (Å²) >= 11 is 0. The van der Waals surface area contributed by atoms with Crippen molar-refractivity contribution < 1.29 is 14.4 Å². The average molecular weight is 354 g/mol. The molecule has 25 heavy (non-hydrogen) atoms. The number of unbranched alkanes of at least 4 members (excludes halogenated alkanes) is 1. The predicted molar refractivity (Wildman–Crippen MR) is 104 cm³/mol. The van der Waals surface area contributed by atoms with Gasteiger partial charge in [0.05, 0.1) is 4.92 Å². The van der Waals surface area contributed by atoms with Crippen LogP contribution in [0.25, 0.3) is 5.70 Å². The zero-order chi connectivity index (χ0) is 19.5. The smallest absolute Gasteiger partial charge is 0.257 e. The Morgan fingerprint density at radius 3 is 1.92 bits per heavy atom. The first-order valence-electron chi connectivity index (χ1n) is 8.78. The second kappa shape index (κ2) is 18.4. The Labute approximate surface area is 152 Å². The average Bonchev–Trinajstić information content (AvgIpc) is 2.61. The van der Waals surface area contributed by atoms with Crippen LogP contribution in [0.1, 0.15) is 53.0 Å². The first-order chi connectivity index (χ1) is 12.0. The van der Waals surface area contributed by atoms with Gasteiger partial charge in [0.15, 0.2) is 6.29 Å². The quantitative estimate of drug-likeness (QED) is 0.416. The Bertz CT molecular complexity index is 442. The maximum absolute atomic E-state index is 10.2. The molecule has 6 nitrogen and oxygen atoms in total. The summed E-state index contributed by atoms with van der Waals surface area (Å²) < 4.78 is 10.1. The van der Waals surface area contributed by atoms with Crippen LogP contribution in [0.15, 0.2) is 36.5 Å². The number of hydrogen-bond donors (Lipinski definition) is 1. The van der Waals surface area contributed by atoms with Crippen LogP contribution in [0, 0.1) is 10.1 Å². The minimum atomic E-state index is -0.473. The zero-order valence-electron chi connectivity index (χ0n) is 16.5. The summed E-state index contributed by atoms with van der Waals surface area (Å²) in [6.07, 6.45) is 3.56. The van der Waals surface area contributed by atoms with Gasteiger partial charge >= 0.3 is 0 Å². The number of benzene rings is 1. The summed E-state index contributed by atoms with van der Waals surface area (Å²) in [4.78, 5) is 9.76. The molecule has 1 rings (SSSR count). The van der Waals surface area contributed by atoms with Crippen LogP contribution in [0.2, 0.25) is 0 Å². The lowest BCUT2D eigenvalue weighted by atomic mass is 10.2. The Balaban J connectivity index is 0. The molecular weight excluding hydrogens is 320 g/mol. The van der Waals surface area contributed by atoms with Gasteiger partial charge in [0.1, 0.15) is 5.70 Å². The van der Waals surface area contributed by atoms with Crippen molar-refractivity contribution in [3.63, 3.8) is 0 Å². The lowest BCUT2D eigenvalue weighted by molar-refractivity contribution is -0.401. The van der Waals surface area contributed by atoms with Crippen molar-refractivity contribution in [3.8, 4) is 0 Å². The molecule has 6 heteroatoms. The van der Waals surface area contributed by atoms with Gasteiger partial charge in [0.2, 0.25) is 0 Å². The molecule has 0 heterocycles. The van der Waals surface area contributed by atoms with Crippen LogP contribution < -0.4 is 5.32 Å². The molecule has 0 atom stereocenters. The van der Waals surface area contributed by atoms with Gasteiger partial charge in [0, 0.05) is 25.8 Å². The molecule has 0 radical (unpaired) electrons. The summed E-state index contributed by atoms with van der Waals surface area (Å²) in [5.74, 6) is 0. The number of hydrogen-bond acceptors (Lipinski definition) is 5. The van der Waals surface area contributed by atoms with Crippen molar-refractivity contribution in [2.75, 3.05) is 20.3 Å². The SMILES string of the molecule is CCCC.CCOC(C)OCC.CN/C(=C/[N+](=O)[O-])c1ccccc1. The second-order valence-electron chi connectivity index (χ2n) is 4.92. The fourth-order valence-electron chi connectivity index (χ4n) is 1.52. The molecule has 0 bridgehead atoms. The number of nitrogens with zero attached hydrogens (tertiary/aromatic N) is 1. The molecule has 0 fully saturated rings. The van der Waals surface area contributed by atoms with E-state index in [-0.39, 0.29) is 6.29 Å². The normalized spacial score (nSPS) is 10.3. The molecule has 0 saturated carbocycles. The van der Waals surface area contributed by atoms with Crippen molar-refractivity contribution in [1.29, 1.82) is 0 Å². The molecule has 1 N–H and O–H groups in total. The molecule has 0 spiro atoms. The Kier molecular flexibility index (Phi) is 18.7. The first-order valence-corrected chi connectivity index (χ1v) is 8.78. The van der Waals surface area contributed by atoms with Gasteiger partial charge in [-0.05, 0) is 20.8 Å². The van der Waals surface area contributed by atoms with Gasteiger partial charge < -0.3 is 14.8 Å². The van der Waals surface area contributed by atoms with Crippen molar-refractivity contribution in [3.05, 3.63) is 52.2 Å². The number of rotatable bonds is 8. The highest BCUT2D eigenvalue weighted by molar-refractivity contribution is 5.62. The van der Waals surface area contributed by atoms with Gasteiger partial charge in [-0.25, -0.2) is 0 Å².